The Kier molecular flexibility index (Phi) is 6.23. The zero-order valence-electron chi connectivity index (χ0n) is 19.3. The van der Waals surface area contributed by atoms with E-state index in [1.807, 2.05) is 67.5 Å². The van der Waals surface area contributed by atoms with Crippen LogP contribution in [0.4, 0.5) is 6.01 Å². The molecule has 0 saturated heterocycles. The van der Waals surface area contributed by atoms with Crippen molar-refractivity contribution in [3.8, 4) is 28.7 Å². The number of aromatic nitrogens is 3. The molecular weight excluding hydrogens is 446 g/mol. The van der Waals surface area contributed by atoms with Crippen molar-refractivity contribution in [1.29, 1.82) is 0 Å². The molecule has 0 saturated carbocycles. The van der Waals surface area contributed by atoms with Crippen LogP contribution >= 0.6 is 0 Å². The van der Waals surface area contributed by atoms with E-state index in [0.29, 0.717) is 40.3 Å². The topological polar surface area (TPSA) is 107 Å². The first-order valence-corrected chi connectivity index (χ1v) is 11.0. The molecule has 2 aromatic carbocycles. The predicted molar refractivity (Wildman–Crippen MR) is 131 cm³/mol. The van der Waals surface area contributed by atoms with E-state index in [2.05, 4.69) is 15.5 Å². The van der Waals surface area contributed by atoms with Crippen molar-refractivity contribution in [3.05, 3.63) is 78.6 Å². The molecule has 0 aliphatic carbocycles. The number of hydrogen-bond donors (Lipinski definition) is 1. The fourth-order valence-electron chi connectivity index (χ4n) is 3.52. The molecule has 1 amide bonds. The molecule has 35 heavy (non-hydrogen) atoms. The number of ether oxygens (including phenoxy) is 1. The van der Waals surface area contributed by atoms with Gasteiger partial charge < -0.3 is 18.5 Å². The second-order valence-electron chi connectivity index (χ2n) is 8.10. The van der Waals surface area contributed by atoms with Crippen molar-refractivity contribution in [2.45, 2.75) is 0 Å². The van der Waals surface area contributed by atoms with Gasteiger partial charge in [-0.25, -0.2) is 4.98 Å². The van der Waals surface area contributed by atoms with E-state index >= 15 is 0 Å². The molecule has 3 heterocycles. The molecule has 9 heteroatoms. The lowest BCUT2D eigenvalue weighted by molar-refractivity contribution is 0.102. The predicted octanol–water partition coefficient (Wildman–Crippen LogP) is 4.74. The maximum absolute atomic E-state index is 13.4. The maximum Gasteiger partial charge on any atom is 0.322 e. The third kappa shape index (κ3) is 5.04. The van der Waals surface area contributed by atoms with Gasteiger partial charge >= 0.3 is 6.01 Å². The molecule has 9 nitrogen and oxygen atoms in total. The zero-order valence-corrected chi connectivity index (χ0v) is 19.3. The highest BCUT2D eigenvalue weighted by Crippen LogP contribution is 2.29. The molecule has 5 rings (SSSR count). The van der Waals surface area contributed by atoms with E-state index in [0.717, 1.165) is 12.1 Å². The Morgan fingerprint density at radius 3 is 2.66 bits per heavy atom. The lowest BCUT2D eigenvalue weighted by Gasteiger charge is -2.13. The molecule has 0 radical (unpaired) electrons. The monoisotopic (exact) mass is 469 g/mol. The third-order valence-electron chi connectivity index (χ3n) is 5.28. The van der Waals surface area contributed by atoms with Crippen molar-refractivity contribution < 1.29 is 18.4 Å². The van der Waals surface area contributed by atoms with Crippen molar-refractivity contribution in [1.82, 2.24) is 20.1 Å². The fraction of sp³-hybridized carbons (Fsp3) is 0.154. The number of hydrogen-bond acceptors (Lipinski definition) is 8. The lowest BCUT2D eigenvalue weighted by Crippen LogP contribution is -2.19. The second kappa shape index (κ2) is 9.78. The number of carbonyl (C=O) groups is 1. The van der Waals surface area contributed by atoms with Gasteiger partial charge in [-0.15, -0.1) is 5.10 Å². The van der Waals surface area contributed by atoms with Gasteiger partial charge in [0.2, 0.25) is 0 Å². The molecular formula is C26H23N5O4. The fourth-order valence-corrected chi connectivity index (χ4v) is 3.52. The van der Waals surface area contributed by atoms with Crippen molar-refractivity contribution in [2.24, 2.45) is 0 Å². The Labute approximate surface area is 201 Å². The first-order valence-electron chi connectivity index (χ1n) is 11.0. The van der Waals surface area contributed by atoms with Crippen LogP contribution < -0.4 is 10.1 Å². The van der Waals surface area contributed by atoms with Gasteiger partial charge in [-0.2, -0.15) is 0 Å². The average Bonchev–Trinajstić information content (AvgIpc) is 3.56. The van der Waals surface area contributed by atoms with Crippen molar-refractivity contribution in [3.63, 3.8) is 0 Å². The van der Waals surface area contributed by atoms with Gasteiger partial charge in [0, 0.05) is 17.5 Å². The lowest BCUT2D eigenvalue weighted by atomic mass is 10.0. The summed E-state index contributed by atoms with van der Waals surface area (Å²) in [5, 5.41) is 11.2. The summed E-state index contributed by atoms with van der Waals surface area (Å²) in [7, 11) is 3.96. The van der Waals surface area contributed by atoms with E-state index in [1.54, 1.807) is 18.2 Å². The van der Waals surface area contributed by atoms with Crippen LogP contribution in [0.1, 0.15) is 10.4 Å². The van der Waals surface area contributed by atoms with Crippen LogP contribution in [0.25, 0.3) is 33.8 Å². The summed E-state index contributed by atoms with van der Waals surface area (Å²) >= 11 is 0. The van der Waals surface area contributed by atoms with E-state index in [9.17, 15) is 4.79 Å². The van der Waals surface area contributed by atoms with Crippen LogP contribution in [0.2, 0.25) is 0 Å². The molecule has 176 valence electrons. The number of carbonyl (C=O) groups excluding carboxylic acids is 1. The summed E-state index contributed by atoms with van der Waals surface area (Å²) in [6.07, 6.45) is 1.50. The number of furan rings is 1. The van der Waals surface area contributed by atoms with Gasteiger partial charge in [0.1, 0.15) is 12.4 Å². The molecule has 3 aromatic heterocycles. The number of likely N-dealkylation sites (N-methyl/N-ethyl adjacent to an activating group) is 1. The average molecular weight is 470 g/mol. The Morgan fingerprint density at radius 1 is 1.03 bits per heavy atom. The van der Waals surface area contributed by atoms with E-state index in [1.165, 1.54) is 6.26 Å². The van der Waals surface area contributed by atoms with Crippen LogP contribution in [0.5, 0.6) is 5.75 Å². The summed E-state index contributed by atoms with van der Waals surface area (Å²) in [6, 6.07) is 20.3. The number of benzene rings is 2. The molecule has 0 aliphatic rings. The standard InChI is InChI=1S/C26H23N5O4/c1-31(2)12-14-33-18-10-11-21-19(15-18)20(16-22(27-21)17-7-4-3-5-8-17)24(32)28-26-30-29-25(35-26)23-9-6-13-34-23/h3-11,13,15-16H,12,14H2,1-2H3,(H,28,30,32). The smallest absolute Gasteiger partial charge is 0.322 e. The Balaban J connectivity index is 1.50. The highest BCUT2D eigenvalue weighted by atomic mass is 16.5. The Hall–Kier alpha value is -4.50. The summed E-state index contributed by atoms with van der Waals surface area (Å²) in [4.78, 5) is 20.2. The van der Waals surface area contributed by atoms with Crippen LogP contribution in [0, 0.1) is 0 Å². The highest BCUT2D eigenvalue weighted by molar-refractivity contribution is 6.12. The van der Waals surface area contributed by atoms with Crippen molar-refractivity contribution in [2.75, 3.05) is 32.6 Å². The first-order chi connectivity index (χ1) is 17.1. The number of fused-ring (bicyclic) bond motifs is 1. The zero-order chi connectivity index (χ0) is 24.2. The molecule has 0 spiro atoms. The minimum atomic E-state index is -0.408. The van der Waals surface area contributed by atoms with Crippen LogP contribution in [-0.2, 0) is 0 Å². The quantitative estimate of drug-likeness (QED) is 0.347. The molecule has 0 bridgehead atoms. The number of nitrogens with zero attached hydrogens (tertiary/aromatic N) is 4. The summed E-state index contributed by atoms with van der Waals surface area (Å²) < 4.78 is 16.7. The van der Waals surface area contributed by atoms with Crippen LogP contribution in [-0.4, -0.2) is 53.2 Å². The van der Waals surface area contributed by atoms with Gasteiger partial charge in [-0.1, -0.05) is 35.4 Å². The summed E-state index contributed by atoms with van der Waals surface area (Å²) in [5.74, 6) is 0.833. The second-order valence-corrected chi connectivity index (χ2v) is 8.10. The number of anilines is 1. The van der Waals surface area contributed by atoms with Crippen LogP contribution in [0.15, 0.2) is 81.8 Å². The van der Waals surface area contributed by atoms with Gasteiger partial charge in [-0.05, 0) is 50.5 Å². The van der Waals surface area contributed by atoms with Gasteiger partial charge in [-0.3, -0.25) is 10.1 Å². The number of pyridine rings is 1. The molecule has 1 N–H and O–H groups in total. The van der Waals surface area contributed by atoms with Gasteiger partial charge in [0.25, 0.3) is 11.8 Å². The summed E-state index contributed by atoms with van der Waals surface area (Å²) in [5.41, 5.74) is 2.64. The van der Waals surface area contributed by atoms with Crippen molar-refractivity contribution >= 4 is 22.8 Å². The van der Waals surface area contributed by atoms with Gasteiger partial charge in [0.05, 0.1) is 23.0 Å². The molecule has 0 unspecified atom stereocenters. The maximum atomic E-state index is 13.4. The first kappa shape index (κ1) is 22.3. The largest absolute Gasteiger partial charge is 0.492 e. The minimum Gasteiger partial charge on any atom is -0.492 e. The molecule has 0 fully saturated rings. The number of rotatable bonds is 8. The number of nitrogens with one attached hydrogen (secondary N) is 1. The Morgan fingerprint density at radius 2 is 1.89 bits per heavy atom. The third-order valence-corrected chi connectivity index (χ3v) is 5.28. The normalized spacial score (nSPS) is 11.2. The minimum absolute atomic E-state index is 0.0361. The Bertz CT molecular complexity index is 1450. The SMILES string of the molecule is CN(C)CCOc1ccc2nc(-c3ccccc3)cc(C(=O)Nc3nnc(-c4ccco4)o3)c2c1. The number of amides is 1. The van der Waals surface area contributed by atoms with E-state index in [-0.39, 0.29) is 11.9 Å². The van der Waals surface area contributed by atoms with Gasteiger partial charge in [0.15, 0.2) is 5.76 Å². The summed E-state index contributed by atoms with van der Waals surface area (Å²) in [6.45, 7) is 1.29. The molecule has 0 atom stereocenters. The highest BCUT2D eigenvalue weighted by Gasteiger charge is 2.18. The molecule has 0 aliphatic heterocycles. The van der Waals surface area contributed by atoms with Crippen LogP contribution in [0.3, 0.4) is 0 Å². The molecule has 5 aromatic rings. The van der Waals surface area contributed by atoms with E-state index in [4.69, 9.17) is 18.6 Å². The van der Waals surface area contributed by atoms with E-state index < -0.39 is 5.91 Å².